The van der Waals surface area contributed by atoms with Gasteiger partial charge in [0.25, 0.3) is 5.91 Å². The van der Waals surface area contributed by atoms with Crippen molar-refractivity contribution in [3.63, 3.8) is 0 Å². The van der Waals surface area contributed by atoms with Crippen LogP contribution >= 0.6 is 0 Å². The molecule has 22 heavy (non-hydrogen) atoms. The van der Waals surface area contributed by atoms with Gasteiger partial charge in [-0.05, 0) is 31.2 Å². The fourth-order valence-electron chi connectivity index (χ4n) is 2.45. The zero-order chi connectivity index (χ0) is 15.7. The monoisotopic (exact) mass is 295 g/mol. The first-order valence-corrected chi connectivity index (χ1v) is 6.92. The zero-order valence-corrected chi connectivity index (χ0v) is 12.4. The van der Waals surface area contributed by atoms with Crippen molar-refractivity contribution < 1.29 is 9.53 Å². The standard InChI is InChI=1S/C17H17N3O2/c1-10-7-8-13-11(9-10)16(22-2)15(19-13)17(21)20-14-6-4-3-5-12(14)18/h3-9,19H,18H2,1-2H3,(H,20,21). The summed E-state index contributed by atoms with van der Waals surface area (Å²) in [5.74, 6) is 0.245. The Kier molecular flexibility index (Phi) is 3.47. The number of nitrogens with two attached hydrogens (primary N) is 1. The molecule has 0 unspecified atom stereocenters. The average Bonchev–Trinajstić information content (AvgIpc) is 2.87. The third-order valence-corrected chi connectivity index (χ3v) is 3.55. The van der Waals surface area contributed by atoms with Crippen molar-refractivity contribution in [2.75, 3.05) is 18.2 Å². The molecule has 0 saturated carbocycles. The van der Waals surface area contributed by atoms with Crippen molar-refractivity contribution in [2.45, 2.75) is 6.92 Å². The molecule has 0 radical (unpaired) electrons. The summed E-state index contributed by atoms with van der Waals surface area (Å²) in [6.45, 7) is 2.00. The molecule has 0 aliphatic carbocycles. The van der Waals surface area contributed by atoms with Crippen molar-refractivity contribution in [1.82, 2.24) is 4.98 Å². The molecular formula is C17H17N3O2. The van der Waals surface area contributed by atoms with Crippen LogP contribution < -0.4 is 15.8 Å². The van der Waals surface area contributed by atoms with Crippen LogP contribution in [0.4, 0.5) is 11.4 Å². The summed E-state index contributed by atoms with van der Waals surface area (Å²) < 4.78 is 5.42. The molecule has 2 aromatic carbocycles. The summed E-state index contributed by atoms with van der Waals surface area (Å²) in [5, 5.41) is 3.68. The lowest BCUT2D eigenvalue weighted by molar-refractivity contribution is 0.102. The number of hydrogen-bond donors (Lipinski definition) is 3. The van der Waals surface area contributed by atoms with Gasteiger partial charge in [0, 0.05) is 10.9 Å². The van der Waals surface area contributed by atoms with Gasteiger partial charge < -0.3 is 20.8 Å². The number of aromatic nitrogens is 1. The molecular weight excluding hydrogens is 278 g/mol. The van der Waals surface area contributed by atoms with Gasteiger partial charge in [-0.15, -0.1) is 0 Å². The molecule has 0 aliphatic heterocycles. The van der Waals surface area contributed by atoms with Gasteiger partial charge in [0.15, 0.2) is 5.75 Å². The van der Waals surface area contributed by atoms with Gasteiger partial charge in [0.1, 0.15) is 5.69 Å². The number of nitrogen functional groups attached to an aromatic ring is 1. The van der Waals surface area contributed by atoms with Crippen LogP contribution in [0, 0.1) is 6.92 Å². The number of para-hydroxylation sites is 2. The molecule has 112 valence electrons. The normalized spacial score (nSPS) is 10.6. The molecule has 0 fully saturated rings. The molecule has 5 nitrogen and oxygen atoms in total. The van der Waals surface area contributed by atoms with Crippen LogP contribution in [0.3, 0.4) is 0 Å². The van der Waals surface area contributed by atoms with Crippen LogP contribution in [0.1, 0.15) is 16.1 Å². The van der Waals surface area contributed by atoms with Crippen molar-refractivity contribution >= 4 is 28.2 Å². The van der Waals surface area contributed by atoms with Gasteiger partial charge in [-0.25, -0.2) is 0 Å². The first kappa shape index (κ1) is 14.0. The number of benzene rings is 2. The largest absolute Gasteiger partial charge is 0.494 e. The Morgan fingerprint density at radius 3 is 2.73 bits per heavy atom. The Bertz CT molecular complexity index is 852. The highest BCUT2D eigenvalue weighted by atomic mass is 16.5. The molecule has 1 amide bonds. The molecule has 0 aliphatic rings. The van der Waals surface area contributed by atoms with Gasteiger partial charge in [-0.2, -0.15) is 0 Å². The maximum atomic E-state index is 12.5. The summed E-state index contributed by atoms with van der Waals surface area (Å²) in [6.07, 6.45) is 0. The highest BCUT2D eigenvalue weighted by Crippen LogP contribution is 2.31. The number of rotatable bonds is 3. The lowest BCUT2D eigenvalue weighted by Gasteiger charge is -2.08. The Morgan fingerprint density at radius 1 is 1.23 bits per heavy atom. The summed E-state index contributed by atoms with van der Waals surface area (Å²) in [7, 11) is 1.55. The maximum Gasteiger partial charge on any atom is 0.276 e. The third-order valence-electron chi connectivity index (χ3n) is 3.55. The van der Waals surface area contributed by atoms with E-state index in [1.807, 2.05) is 37.3 Å². The predicted octanol–water partition coefficient (Wildman–Crippen LogP) is 3.32. The summed E-state index contributed by atoms with van der Waals surface area (Å²) >= 11 is 0. The van der Waals surface area contributed by atoms with E-state index in [9.17, 15) is 4.79 Å². The number of H-pyrrole nitrogens is 1. The highest BCUT2D eigenvalue weighted by Gasteiger charge is 2.19. The fourth-order valence-corrected chi connectivity index (χ4v) is 2.45. The van der Waals surface area contributed by atoms with Gasteiger partial charge >= 0.3 is 0 Å². The number of nitrogens with one attached hydrogen (secondary N) is 2. The van der Waals surface area contributed by atoms with Crippen molar-refractivity contribution in [2.24, 2.45) is 0 Å². The zero-order valence-electron chi connectivity index (χ0n) is 12.4. The van der Waals surface area contributed by atoms with E-state index in [1.165, 1.54) is 0 Å². The molecule has 0 saturated heterocycles. The van der Waals surface area contributed by atoms with Gasteiger partial charge in [0.05, 0.1) is 18.5 Å². The van der Waals surface area contributed by atoms with Crippen molar-refractivity contribution in [1.29, 1.82) is 0 Å². The second-order valence-electron chi connectivity index (χ2n) is 5.12. The van der Waals surface area contributed by atoms with Crippen LogP contribution in [-0.2, 0) is 0 Å². The minimum atomic E-state index is -0.288. The number of methoxy groups -OCH3 is 1. The van der Waals surface area contributed by atoms with Crippen molar-refractivity contribution in [3.05, 3.63) is 53.7 Å². The Balaban J connectivity index is 2.02. The van der Waals surface area contributed by atoms with Gasteiger partial charge in [-0.3, -0.25) is 4.79 Å². The Labute approximate surface area is 128 Å². The molecule has 4 N–H and O–H groups in total. The molecule has 0 spiro atoms. The van der Waals surface area contributed by atoms with Gasteiger partial charge in [0.2, 0.25) is 0 Å². The first-order valence-electron chi connectivity index (χ1n) is 6.92. The van der Waals surface area contributed by atoms with Gasteiger partial charge in [-0.1, -0.05) is 23.8 Å². The summed E-state index contributed by atoms with van der Waals surface area (Å²) in [6, 6.07) is 13.0. The molecule has 5 heteroatoms. The maximum absolute atomic E-state index is 12.5. The smallest absolute Gasteiger partial charge is 0.276 e. The molecule has 0 atom stereocenters. The van der Waals surface area contributed by atoms with E-state index in [-0.39, 0.29) is 5.91 Å². The second-order valence-corrected chi connectivity index (χ2v) is 5.12. The lowest BCUT2D eigenvalue weighted by Crippen LogP contribution is -2.14. The third kappa shape index (κ3) is 2.37. The Hall–Kier alpha value is -2.95. The van der Waals surface area contributed by atoms with Crippen LogP contribution in [0.5, 0.6) is 5.75 Å². The number of aryl methyl sites for hydroxylation is 1. The fraction of sp³-hybridized carbons (Fsp3) is 0.118. The van der Waals surface area contributed by atoms with Crippen molar-refractivity contribution in [3.8, 4) is 5.75 Å². The first-order chi connectivity index (χ1) is 10.6. The molecule has 3 aromatic rings. The van der Waals surface area contributed by atoms with E-state index in [2.05, 4.69) is 10.3 Å². The number of amides is 1. The summed E-state index contributed by atoms with van der Waals surface area (Å²) in [4.78, 5) is 15.6. The Morgan fingerprint density at radius 2 is 2.00 bits per heavy atom. The molecule has 0 bridgehead atoms. The predicted molar refractivity (Wildman–Crippen MR) is 88.4 cm³/mol. The SMILES string of the molecule is COc1c(C(=O)Nc2ccccc2N)[nH]c2ccc(C)cc12. The van der Waals surface area contributed by atoms with E-state index in [1.54, 1.807) is 19.2 Å². The topological polar surface area (TPSA) is 80.1 Å². The van der Waals surface area contributed by atoms with Crippen LogP contribution in [0.25, 0.3) is 10.9 Å². The average molecular weight is 295 g/mol. The van der Waals surface area contributed by atoms with E-state index in [0.717, 1.165) is 16.5 Å². The van der Waals surface area contributed by atoms with E-state index in [4.69, 9.17) is 10.5 Å². The lowest BCUT2D eigenvalue weighted by atomic mass is 10.1. The van der Waals surface area contributed by atoms with Crippen LogP contribution in [0.2, 0.25) is 0 Å². The number of carbonyl (C=O) groups is 1. The highest BCUT2D eigenvalue weighted by molar-refractivity contribution is 6.10. The quantitative estimate of drug-likeness (QED) is 0.648. The summed E-state index contributed by atoms with van der Waals surface area (Å²) in [5.41, 5.74) is 9.28. The second kappa shape index (κ2) is 5.44. The molecule has 1 aromatic heterocycles. The number of hydrogen-bond acceptors (Lipinski definition) is 3. The minimum Gasteiger partial charge on any atom is -0.494 e. The number of carbonyl (C=O) groups excluding carboxylic acids is 1. The number of ether oxygens (including phenoxy) is 1. The van der Waals surface area contributed by atoms with E-state index >= 15 is 0 Å². The molecule has 1 heterocycles. The van der Waals surface area contributed by atoms with Crippen LogP contribution in [-0.4, -0.2) is 18.0 Å². The number of fused-ring (bicyclic) bond motifs is 1. The number of anilines is 2. The molecule has 3 rings (SSSR count). The number of aromatic amines is 1. The van der Waals surface area contributed by atoms with E-state index < -0.39 is 0 Å². The van der Waals surface area contributed by atoms with E-state index in [0.29, 0.717) is 22.8 Å². The van der Waals surface area contributed by atoms with Crippen LogP contribution in [0.15, 0.2) is 42.5 Å². The minimum absolute atomic E-state index is 0.288.